The van der Waals surface area contributed by atoms with E-state index >= 15 is 0 Å². The van der Waals surface area contributed by atoms with Crippen molar-refractivity contribution in [3.63, 3.8) is 0 Å². The number of hydrogen-bond acceptors (Lipinski definition) is 4. The third kappa shape index (κ3) is 3.25. The second-order valence-electron chi connectivity index (χ2n) is 6.07. The van der Waals surface area contributed by atoms with Crippen LogP contribution in [0, 0.1) is 5.82 Å². The maximum absolute atomic E-state index is 13.6. The zero-order valence-corrected chi connectivity index (χ0v) is 14.1. The molecule has 2 aromatic heterocycles. The maximum Gasteiger partial charge on any atom is 0.280 e. The zero-order chi connectivity index (χ0) is 19.0. The number of nitrogens with zero attached hydrogens (tertiary/aromatic N) is 4. The predicted octanol–water partition coefficient (Wildman–Crippen LogP) is 2.95. The standard InChI is InChI=1S/C18H15F3N4O2/c19-12-3-1-11(2-4-12)14-9-15(16(20)21)25-17(23-14)13(10-22-25)18(26)24-5-7-27-8-6-24/h1-4,9-10,16H,5-8H2. The maximum atomic E-state index is 13.6. The highest BCUT2D eigenvalue weighted by atomic mass is 19.3. The summed E-state index contributed by atoms with van der Waals surface area (Å²) in [6.45, 7) is 1.66. The Labute approximate surface area is 152 Å². The number of morpholine rings is 1. The average Bonchev–Trinajstić information content (AvgIpc) is 3.11. The van der Waals surface area contributed by atoms with Crippen LogP contribution in [0.3, 0.4) is 0 Å². The topological polar surface area (TPSA) is 59.7 Å². The molecule has 0 spiro atoms. The molecule has 3 aromatic rings. The summed E-state index contributed by atoms with van der Waals surface area (Å²) >= 11 is 0. The Morgan fingerprint density at radius 2 is 1.85 bits per heavy atom. The predicted molar refractivity (Wildman–Crippen MR) is 90.1 cm³/mol. The monoisotopic (exact) mass is 376 g/mol. The van der Waals surface area contributed by atoms with Crippen LogP contribution in [0.25, 0.3) is 16.9 Å². The molecule has 0 bridgehead atoms. The molecule has 0 saturated carbocycles. The molecule has 6 nitrogen and oxygen atoms in total. The van der Waals surface area contributed by atoms with E-state index in [1.54, 1.807) is 4.90 Å². The summed E-state index contributed by atoms with van der Waals surface area (Å²) in [6, 6.07) is 6.53. The van der Waals surface area contributed by atoms with Crippen LogP contribution in [-0.4, -0.2) is 51.7 Å². The van der Waals surface area contributed by atoms with E-state index in [0.29, 0.717) is 31.9 Å². The van der Waals surface area contributed by atoms with Gasteiger partial charge in [-0.25, -0.2) is 22.7 Å². The lowest BCUT2D eigenvalue weighted by Crippen LogP contribution is -2.40. The van der Waals surface area contributed by atoms with Gasteiger partial charge >= 0.3 is 0 Å². The number of amides is 1. The molecule has 1 fully saturated rings. The van der Waals surface area contributed by atoms with Crippen LogP contribution in [0.2, 0.25) is 0 Å². The number of alkyl halides is 2. The van der Waals surface area contributed by atoms with Crippen LogP contribution < -0.4 is 0 Å². The van der Waals surface area contributed by atoms with Crippen molar-refractivity contribution in [1.29, 1.82) is 0 Å². The first kappa shape index (κ1) is 17.5. The second-order valence-corrected chi connectivity index (χ2v) is 6.07. The molecule has 0 radical (unpaired) electrons. The summed E-state index contributed by atoms with van der Waals surface area (Å²) in [5.74, 6) is -0.779. The summed E-state index contributed by atoms with van der Waals surface area (Å²) < 4.78 is 46.5. The van der Waals surface area contributed by atoms with Crippen molar-refractivity contribution >= 4 is 11.6 Å². The molecule has 0 atom stereocenters. The lowest BCUT2D eigenvalue weighted by Gasteiger charge is -2.26. The van der Waals surface area contributed by atoms with E-state index < -0.39 is 12.2 Å². The molecule has 3 heterocycles. The molecule has 1 aliphatic rings. The average molecular weight is 376 g/mol. The Morgan fingerprint density at radius 1 is 1.15 bits per heavy atom. The first-order chi connectivity index (χ1) is 13.0. The van der Waals surface area contributed by atoms with Gasteiger partial charge in [0.1, 0.15) is 17.1 Å². The van der Waals surface area contributed by atoms with Gasteiger partial charge in [-0.2, -0.15) is 5.10 Å². The molecule has 0 unspecified atom stereocenters. The SMILES string of the molecule is O=C(c1cnn2c(C(F)F)cc(-c3ccc(F)cc3)nc12)N1CCOCC1. The number of carbonyl (C=O) groups is 1. The number of benzene rings is 1. The molecule has 27 heavy (non-hydrogen) atoms. The van der Waals surface area contributed by atoms with E-state index in [4.69, 9.17) is 4.74 Å². The smallest absolute Gasteiger partial charge is 0.280 e. The van der Waals surface area contributed by atoms with Crippen molar-refractivity contribution in [3.8, 4) is 11.3 Å². The van der Waals surface area contributed by atoms with Gasteiger partial charge in [0, 0.05) is 18.7 Å². The molecule has 0 N–H and O–H groups in total. The van der Waals surface area contributed by atoms with Gasteiger partial charge in [0.25, 0.3) is 12.3 Å². The lowest BCUT2D eigenvalue weighted by atomic mass is 10.1. The van der Waals surface area contributed by atoms with E-state index in [1.165, 1.54) is 36.5 Å². The van der Waals surface area contributed by atoms with Crippen molar-refractivity contribution in [1.82, 2.24) is 19.5 Å². The van der Waals surface area contributed by atoms with Crippen LogP contribution in [0.5, 0.6) is 0 Å². The number of aromatic nitrogens is 3. The fraction of sp³-hybridized carbons (Fsp3) is 0.278. The minimum atomic E-state index is -2.82. The van der Waals surface area contributed by atoms with Gasteiger partial charge in [0.2, 0.25) is 0 Å². The van der Waals surface area contributed by atoms with Crippen molar-refractivity contribution in [3.05, 3.63) is 53.6 Å². The first-order valence-electron chi connectivity index (χ1n) is 8.34. The Balaban J connectivity index is 1.84. The number of hydrogen-bond donors (Lipinski definition) is 0. The van der Waals surface area contributed by atoms with Crippen molar-refractivity contribution in [2.24, 2.45) is 0 Å². The van der Waals surface area contributed by atoms with E-state index in [1.807, 2.05) is 0 Å². The fourth-order valence-electron chi connectivity index (χ4n) is 3.00. The largest absolute Gasteiger partial charge is 0.378 e. The Bertz CT molecular complexity index is 982. The highest BCUT2D eigenvalue weighted by Gasteiger charge is 2.25. The van der Waals surface area contributed by atoms with Crippen molar-refractivity contribution < 1.29 is 22.7 Å². The molecule has 140 valence electrons. The van der Waals surface area contributed by atoms with E-state index in [-0.39, 0.29) is 28.5 Å². The van der Waals surface area contributed by atoms with Gasteiger partial charge in [-0.15, -0.1) is 0 Å². The number of rotatable bonds is 3. The van der Waals surface area contributed by atoms with Gasteiger partial charge < -0.3 is 9.64 Å². The summed E-state index contributed by atoms with van der Waals surface area (Å²) in [5.41, 5.74) is 0.479. The van der Waals surface area contributed by atoms with Gasteiger partial charge in [-0.05, 0) is 30.3 Å². The fourth-order valence-corrected chi connectivity index (χ4v) is 3.00. The van der Waals surface area contributed by atoms with E-state index in [9.17, 15) is 18.0 Å². The van der Waals surface area contributed by atoms with Crippen molar-refractivity contribution in [2.75, 3.05) is 26.3 Å². The van der Waals surface area contributed by atoms with Crippen LogP contribution in [0.1, 0.15) is 22.5 Å². The third-order valence-corrected chi connectivity index (χ3v) is 4.39. The summed E-state index contributed by atoms with van der Waals surface area (Å²) in [6.07, 6.45) is -1.57. The second kappa shape index (κ2) is 6.99. The minimum absolute atomic E-state index is 0.0450. The number of carbonyl (C=O) groups excluding carboxylic acids is 1. The Hall–Kier alpha value is -2.94. The van der Waals surface area contributed by atoms with E-state index in [2.05, 4.69) is 10.1 Å². The highest BCUT2D eigenvalue weighted by Crippen LogP contribution is 2.27. The zero-order valence-electron chi connectivity index (χ0n) is 14.1. The third-order valence-electron chi connectivity index (χ3n) is 4.39. The van der Waals surface area contributed by atoms with Gasteiger partial charge in [-0.1, -0.05) is 0 Å². The molecular weight excluding hydrogens is 361 g/mol. The van der Waals surface area contributed by atoms with Crippen LogP contribution in [-0.2, 0) is 4.74 Å². The van der Waals surface area contributed by atoms with Crippen LogP contribution in [0.4, 0.5) is 13.2 Å². The molecule has 1 saturated heterocycles. The van der Waals surface area contributed by atoms with Gasteiger partial charge in [0.15, 0.2) is 5.65 Å². The summed E-state index contributed by atoms with van der Waals surface area (Å²) in [5, 5.41) is 3.94. The molecule has 9 heteroatoms. The number of fused-ring (bicyclic) bond motifs is 1. The minimum Gasteiger partial charge on any atom is -0.378 e. The molecular formula is C18H15F3N4O2. The van der Waals surface area contributed by atoms with Gasteiger partial charge in [-0.3, -0.25) is 4.79 Å². The van der Waals surface area contributed by atoms with Crippen LogP contribution >= 0.6 is 0 Å². The molecule has 1 aliphatic heterocycles. The summed E-state index contributed by atoms with van der Waals surface area (Å²) in [7, 11) is 0. The normalized spacial score (nSPS) is 14.9. The Kier molecular flexibility index (Phi) is 4.53. The molecule has 0 aliphatic carbocycles. The summed E-state index contributed by atoms with van der Waals surface area (Å²) in [4.78, 5) is 18.7. The molecule has 1 aromatic carbocycles. The lowest BCUT2D eigenvalue weighted by molar-refractivity contribution is 0.0304. The quantitative estimate of drug-likeness (QED) is 0.705. The molecule has 1 amide bonds. The van der Waals surface area contributed by atoms with Crippen molar-refractivity contribution in [2.45, 2.75) is 6.43 Å². The van der Waals surface area contributed by atoms with E-state index in [0.717, 1.165) is 4.52 Å². The number of halogens is 3. The Morgan fingerprint density at radius 3 is 2.52 bits per heavy atom. The number of ether oxygens (including phenoxy) is 1. The van der Waals surface area contributed by atoms with Gasteiger partial charge in [0.05, 0.1) is 25.1 Å². The first-order valence-corrected chi connectivity index (χ1v) is 8.34. The molecule has 4 rings (SSSR count). The highest BCUT2D eigenvalue weighted by molar-refractivity contribution is 6.00. The van der Waals surface area contributed by atoms with Crippen LogP contribution in [0.15, 0.2) is 36.5 Å².